The van der Waals surface area contributed by atoms with Crippen LogP contribution in [0.3, 0.4) is 0 Å². The molecule has 0 radical (unpaired) electrons. The zero-order valence-electron chi connectivity index (χ0n) is 12.1. The van der Waals surface area contributed by atoms with Crippen LogP contribution < -0.4 is 11.3 Å². The number of nitrogens with two attached hydrogens (primary N) is 1. The molecule has 1 unspecified atom stereocenters. The molecule has 3 N–H and O–H groups in total. The van der Waals surface area contributed by atoms with Gasteiger partial charge in [-0.15, -0.1) is 0 Å². The predicted molar refractivity (Wildman–Crippen MR) is 80.4 cm³/mol. The topological polar surface area (TPSA) is 51.2 Å². The largest absolute Gasteiger partial charge is 0.466 e. The maximum Gasteiger partial charge on any atom is 0.106 e. The summed E-state index contributed by atoms with van der Waals surface area (Å²) in [5, 5.41) is 0. The molecule has 0 bridgehead atoms. The van der Waals surface area contributed by atoms with E-state index in [1.54, 1.807) is 0 Å². The average molecular weight is 270 g/mol. The number of furan rings is 1. The van der Waals surface area contributed by atoms with E-state index < -0.39 is 0 Å². The molecule has 1 heterocycles. The van der Waals surface area contributed by atoms with Crippen LogP contribution in [-0.4, -0.2) is 0 Å². The van der Waals surface area contributed by atoms with Gasteiger partial charge >= 0.3 is 0 Å². The second-order valence-corrected chi connectivity index (χ2v) is 5.73. The van der Waals surface area contributed by atoms with E-state index in [4.69, 9.17) is 10.3 Å². The Kier molecular flexibility index (Phi) is 3.64. The van der Waals surface area contributed by atoms with Gasteiger partial charge in [0.1, 0.15) is 11.5 Å². The Morgan fingerprint density at radius 2 is 1.95 bits per heavy atom. The van der Waals surface area contributed by atoms with Crippen LogP contribution >= 0.6 is 0 Å². The molecule has 106 valence electrons. The fraction of sp³-hybridized carbons (Fsp3) is 0.412. The van der Waals surface area contributed by atoms with Crippen molar-refractivity contribution in [1.82, 2.24) is 5.43 Å². The number of rotatable bonds is 4. The molecule has 0 aliphatic heterocycles. The lowest BCUT2D eigenvalue weighted by Crippen LogP contribution is -2.30. The van der Waals surface area contributed by atoms with E-state index in [1.807, 2.05) is 13.8 Å². The van der Waals surface area contributed by atoms with Crippen molar-refractivity contribution < 1.29 is 4.42 Å². The van der Waals surface area contributed by atoms with Crippen LogP contribution in [0.5, 0.6) is 0 Å². The molecule has 1 aromatic heterocycles. The minimum absolute atomic E-state index is 0.00394. The minimum Gasteiger partial charge on any atom is -0.466 e. The lowest BCUT2D eigenvalue weighted by atomic mass is 9.76. The van der Waals surface area contributed by atoms with Gasteiger partial charge in [-0.25, -0.2) is 5.43 Å². The van der Waals surface area contributed by atoms with Crippen LogP contribution in [0.2, 0.25) is 0 Å². The Bertz CT molecular complexity index is 599. The molecule has 0 amide bonds. The first-order valence-corrected chi connectivity index (χ1v) is 7.32. The summed E-state index contributed by atoms with van der Waals surface area (Å²) in [6.07, 6.45) is 3.92. The van der Waals surface area contributed by atoms with E-state index >= 15 is 0 Å². The smallest absolute Gasteiger partial charge is 0.106 e. The first-order valence-electron chi connectivity index (χ1n) is 7.32. The Morgan fingerprint density at radius 1 is 1.20 bits per heavy atom. The fourth-order valence-electron chi connectivity index (χ4n) is 3.15. The average Bonchev–Trinajstić information content (AvgIpc) is 2.70. The van der Waals surface area contributed by atoms with Crippen LogP contribution in [0, 0.1) is 13.8 Å². The van der Waals surface area contributed by atoms with E-state index in [0.717, 1.165) is 17.1 Å². The third-order valence-corrected chi connectivity index (χ3v) is 4.41. The summed E-state index contributed by atoms with van der Waals surface area (Å²) in [5.41, 5.74) is 6.82. The van der Waals surface area contributed by atoms with E-state index in [9.17, 15) is 0 Å². The first-order chi connectivity index (χ1) is 9.70. The number of hydrogen-bond acceptors (Lipinski definition) is 3. The number of nitrogens with one attached hydrogen (secondary N) is 1. The van der Waals surface area contributed by atoms with Gasteiger partial charge in [-0.3, -0.25) is 5.84 Å². The summed E-state index contributed by atoms with van der Waals surface area (Å²) in [5.74, 6) is 8.41. The number of hydrazine groups is 1. The van der Waals surface area contributed by atoms with E-state index in [1.165, 1.54) is 30.4 Å². The molecule has 0 spiro atoms. The molecule has 3 rings (SSSR count). The van der Waals surface area contributed by atoms with Gasteiger partial charge in [0.05, 0.1) is 6.04 Å². The van der Waals surface area contributed by atoms with Crippen LogP contribution in [0.4, 0.5) is 0 Å². The fourth-order valence-corrected chi connectivity index (χ4v) is 3.15. The maximum atomic E-state index is 5.85. The van der Waals surface area contributed by atoms with Crippen LogP contribution in [0.1, 0.15) is 59.4 Å². The van der Waals surface area contributed by atoms with Crippen LogP contribution in [0.15, 0.2) is 34.7 Å². The SMILES string of the molecule is Cc1cc(C(NN)c2ccccc2C2CCC2)c(C)o1. The van der Waals surface area contributed by atoms with E-state index in [0.29, 0.717) is 5.92 Å². The third-order valence-electron chi connectivity index (χ3n) is 4.41. The van der Waals surface area contributed by atoms with Gasteiger partial charge in [0.25, 0.3) is 0 Å². The molecule has 0 saturated heterocycles. The van der Waals surface area contributed by atoms with Crippen molar-refractivity contribution in [3.8, 4) is 0 Å². The molecule has 1 aliphatic carbocycles. The molecule has 3 nitrogen and oxygen atoms in total. The van der Waals surface area contributed by atoms with Gasteiger partial charge in [0.15, 0.2) is 0 Å². The number of hydrogen-bond donors (Lipinski definition) is 2. The highest BCUT2D eigenvalue weighted by Gasteiger charge is 2.26. The highest BCUT2D eigenvalue weighted by Crippen LogP contribution is 2.41. The normalized spacial score (nSPS) is 16.9. The summed E-state index contributed by atoms with van der Waals surface area (Å²) >= 11 is 0. The quantitative estimate of drug-likeness (QED) is 0.657. The van der Waals surface area contributed by atoms with Crippen molar-refractivity contribution in [2.24, 2.45) is 5.84 Å². The summed E-state index contributed by atoms with van der Waals surface area (Å²) in [7, 11) is 0. The lowest BCUT2D eigenvalue weighted by molar-refractivity contribution is 0.414. The molecule has 1 aliphatic rings. The molecule has 20 heavy (non-hydrogen) atoms. The first kappa shape index (κ1) is 13.4. The van der Waals surface area contributed by atoms with Crippen molar-refractivity contribution in [1.29, 1.82) is 0 Å². The van der Waals surface area contributed by atoms with Crippen molar-refractivity contribution in [2.75, 3.05) is 0 Å². The number of benzene rings is 1. The Balaban J connectivity index is 2.03. The molecular formula is C17H22N2O. The van der Waals surface area contributed by atoms with Gasteiger partial charge in [-0.1, -0.05) is 30.7 Å². The maximum absolute atomic E-state index is 5.85. The van der Waals surface area contributed by atoms with Crippen molar-refractivity contribution in [2.45, 2.75) is 45.1 Å². The summed E-state index contributed by atoms with van der Waals surface area (Å²) in [6, 6.07) is 10.7. The Morgan fingerprint density at radius 3 is 2.50 bits per heavy atom. The lowest BCUT2D eigenvalue weighted by Gasteiger charge is -2.30. The molecule has 3 heteroatoms. The monoisotopic (exact) mass is 270 g/mol. The van der Waals surface area contributed by atoms with Gasteiger partial charge in [-0.05, 0) is 49.8 Å². The van der Waals surface area contributed by atoms with Crippen molar-refractivity contribution in [3.63, 3.8) is 0 Å². The predicted octanol–water partition coefficient (Wildman–Crippen LogP) is 3.72. The molecule has 1 aromatic carbocycles. The Labute approximate surface area is 120 Å². The van der Waals surface area contributed by atoms with E-state index in [-0.39, 0.29) is 6.04 Å². The van der Waals surface area contributed by atoms with Crippen LogP contribution in [-0.2, 0) is 0 Å². The van der Waals surface area contributed by atoms with E-state index in [2.05, 4.69) is 35.8 Å². The molecule has 1 fully saturated rings. The molecule has 1 saturated carbocycles. The highest BCUT2D eigenvalue weighted by molar-refractivity contribution is 5.41. The minimum atomic E-state index is 0.00394. The Hall–Kier alpha value is -1.58. The second kappa shape index (κ2) is 5.43. The summed E-state index contributed by atoms with van der Waals surface area (Å²) < 4.78 is 5.66. The molecule has 2 aromatic rings. The summed E-state index contributed by atoms with van der Waals surface area (Å²) in [4.78, 5) is 0. The van der Waals surface area contributed by atoms with Crippen molar-refractivity contribution in [3.05, 3.63) is 58.5 Å². The van der Waals surface area contributed by atoms with Gasteiger partial charge in [0.2, 0.25) is 0 Å². The zero-order chi connectivity index (χ0) is 14.1. The van der Waals surface area contributed by atoms with Gasteiger partial charge in [-0.2, -0.15) is 0 Å². The third kappa shape index (κ3) is 2.28. The zero-order valence-corrected chi connectivity index (χ0v) is 12.1. The number of aryl methyl sites for hydroxylation is 2. The van der Waals surface area contributed by atoms with Gasteiger partial charge < -0.3 is 4.42 Å². The van der Waals surface area contributed by atoms with Crippen molar-refractivity contribution >= 4 is 0 Å². The highest BCUT2D eigenvalue weighted by atomic mass is 16.3. The summed E-state index contributed by atoms with van der Waals surface area (Å²) in [6.45, 7) is 3.97. The molecule has 1 atom stereocenters. The van der Waals surface area contributed by atoms with Crippen LogP contribution in [0.25, 0.3) is 0 Å². The van der Waals surface area contributed by atoms with Gasteiger partial charge in [0, 0.05) is 5.56 Å². The standard InChI is InChI=1S/C17H22N2O/c1-11-10-16(12(2)20-11)17(19-18)15-9-4-3-8-14(15)13-6-5-7-13/h3-4,8-10,13,17,19H,5-7,18H2,1-2H3. The second-order valence-electron chi connectivity index (χ2n) is 5.73. The molecular weight excluding hydrogens is 248 g/mol.